The number of nitrogens with zero attached hydrogens (tertiary/aromatic N) is 1. The summed E-state index contributed by atoms with van der Waals surface area (Å²) < 4.78 is 24.9. The maximum Gasteiger partial charge on any atom is 0.469 e. The quantitative estimate of drug-likeness (QED) is 0.203. The number of unbranched alkanes of at least 4 members (excludes halogenated alkanes) is 1. The first-order chi connectivity index (χ1) is 17.9. The number of rotatable bonds is 15. The van der Waals surface area contributed by atoms with Gasteiger partial charge in [0.1, 0.15) is 0 Å². The first kappa shape index (κ1) is 32.2. The van der Waals surface area contributed by atoms with Gasteiger partial charge in [0.15, 0.2) is 0 Å². The second kappa shape index (κ2) is 15.6. The van der Waals surface area contributed by atoms with Gasteiger partial charge in [-0.3, -0.25) is 9.59 Å². The van der Waals surface area contributed by atoms with Gasteiger partial charge in [-0.2, -0.15) is 0 Å². The molecule has 1 aromatic rings. The van der Waals surface area contributed by atoms with Crippen LogP contribution < -0.4 is 16.0 Å². The number of benzene rings is 1. The molecule has 0 bridgehead atoms. The third-order valence-electron chi connectivity index (χ3n) is 6.90. The summed E-state index contributed by atoms with van der Waals surface area (Å²) in [6.07, 6.45) is 5.71. The maximum absolute atomic E-state index is 13.0. The lowest BCUT2D eigenvalue weighted by molar-refractivity contribution is -0.126. The van der Waals surface area contributed by atoms with Crippen LogP contribution in [-0.4, -0.2) is 86.1 Å². The number of aryl methyl sites for hydroxylation is 1. The number of piperidine rings is 1. The fourth-order valence-corrected chi connectivity index (χ4v) is 5.45. The number of hydrogen-bond donors (Lipinski definition) is 5. The lowest BCUT2D eigenvalue weighted by atomic mass is 9.75. The molecule has 1 saturated heterocycles. The van der Waals surface area contributed by atoms with Gasteiger partial charge in [-0.05, 0) is 55.7 Å². The van der Waals surface area contributed by atoms with Crippen LogP contribution in [-0.2, 0) is 21.2 Å². The SMILES string of the molecule is CCCCc1ccc(C(=O)N[C@@H](CNC(=O)C2CCN(S(C)(=O)=O)CC2)CN[C@@H](CC(C)C)B(O)O)cc1. The molecule has 214 valence electrons. The van der Waals surface area contributed by atoms with Crippen molar-refractivity contribution in [3.63, 3.8) is 0 Å². The summed E-state index contributed by atoms with van der Waals surface area (Å²) in [6.45, 7) is 7.08. The van der Waals surface area contributed by atoms with Gasteiger partial charge in [0.05, 0.1) is 12.3 Å². The molecule has 0 aliphatic carbocycles. The topological polar surface area (TPSA) is 148 Å². The molecule has 1 aromatic carbocycles. The van der Waals surface area contributed by atoms with Gasteiger partial charge in [0, 0.05) is 43.6 Å². The summed E-state index contributed by atoms with van der Waals surface area (Å²) in [4.78, 5) is 25.8. The molecule has 1 aliphatic rings. The van der Waals surface area contributed by atoms with Crippen molar-refractivity contribution in [2.45, 2.75) is 71.3 Å². The third-order valence-corrected chi connectivity index (χ3v) is 8.20. The fourth-order valence-electron chi connectivity index (χ4n) is 4.58. The lowest BCUT2D eigenvalue weighted by Crippen LogP contribution is -2.54. The van der Waals surface area contributed by atoms with Crippen LogP contribution in [0.3, 0.4) is 0 Å². The number of carbonyl (C=O) groups is 2. The highest BCUT2D eigenvalue weighted by Crippen LogP contribution is 2.19. The van der Waals surface area contributed by atoms with Crippen molar-refractivity contribution in [1.82, 2.24) is 20.3 Å². The van der Waals surface area contributed by atoms with E-state index in [1.165, 1.54) is 16.1 Å². The average Bonchev–Trinajstić information content (AvgIpc) is 2.87. The minimum absolute atomic E-state index is 0.147. The molecule has 1 fully saturated rings. The van der Waals surface area contributed by atoms with Gasteiger partial charge < -0.3 is 26.0 Å². The Kier molecular flexibility index (Phi) is 13.2. The van der Waals surface area contributed by atoms with E-state index >= 15 is 0 Å². The second-order valence-electron chi connectivity index (χ2n) is 10.7. The van der Waals surface area contributed by atoms with Gasteiger partial charge in [0.2, 0.25) is 15.9 Å². The number of carbonyl (C=O) groups excluding carboxylic acids is 2. The highest BCUT2D eigenvalue weighted by atomic mass is 32.2. The Morgan fingerprint density at radius 1 is 1.11 bits per heavy atom. The van der Waals surface area contributed by atoms with Crippen molar-refractivity contribution in [2.24, 2.45) is 11.8 Å². The molecule has 0 aromatic heterocycles. The van der Waals surface area contributed by atoms with E-state index in [0.29, 0.717) is 37.9 Å². The van der Waals surface area contributed by atoms with E-state index in [1.54, 1.807) is 12.1 Å². The lowest BCUT2D eigenvalue weighted by Gasteiger charge is -2.30. The predicted molar refractivity (Wildman–Crippen MR) is 150 cm³/mol. The molecule has 10 nitrogen and oxygen atoms in total. The molecule has 38 heavy (non-hydrogen) atoms. The number of sulfonamides is 1. The zero-order valence-electron chi connectivity index (χ0n) is 23.2. The molecule has 12 heteroatoms. The largest absolute Gasteiger partial charge is 0.469 e. The smallest absolute Gasteiger partial charge is 0.426 e. The van der Waals surface area contributed by atoms with E-state index < -0.39 is 29.1 Å². The molecule has 0 unspecified atom stereocenters. The highest BCUT2D eigenvalue weighted by Gasteiger charge is 2.30. The Morgan fingerprint density at radius 3 is 2.26 bits per heavy atom. The van der Waals surface area contributed by atoms with Crippen LogP contribution in [0.4, 0.5) is 0 Å². The van der Waals surface area contributed by atoms with Gasteiger partial charge in [0.25, 0.3) is 5.91 Å². The van der Waals surface area contributed by atoms with Crippen LogP contribution in [0.5, 0.6) is 0 Å². The summed E-state index contributed by atoms with van der Waals surface area (Å²) in [5.74, 6) is -1.12. The van der Waals surface area contributed by atoms with Gasteiger partial charge in [-0.1, -0.05) is 39.3 Å². The van der Waals surface area contributed by atoms with E-state index in [1.807, 2.05) is 26.0 Å². The van der Waals surface area contributed by atoms with Crippen LogP contribution in [0.15, 0.2) is 24.3 Å². The third kappa shape index (κ3) is 11.0. The van der Waals surface area contributed by atoms with Crippen molar-refractivity contribution in [3.8, 4) is 0 Å². The minimum Gasteiger partial charge on any atom is -0.426 e. The summed E-state index contributed by atoms with van der Waals surface area (Å²) in [7, 11) is -4.83. The normalized spacial score (nSPS) is 16.7. The summed E-state index contributed by atoms with van der Waals surface area (Å²) in [5.41, 5.74) is 1.68. The zero-order chi connectivity index (χ0) is 28.3. The van der Waals surface area contributed by atoms with Crippen molar-refractivity contribution >= 4 is 29.0 Å². The van der Waals surface area contributed by atoms with Crippen LogP contribution in [0.2, 0.25) is 0 Å². The predicted octanol–water partition coefficient (Wildman–Crippen LogP) is 0.932. The van der Waals surface area contributed by atoms with Crippen molar-refractivity contribution < 1.29 is 28.1 Å². The molecule has 1 heterocycles. The van der Waals surface area contributed by atoms with Gasteiger partial charge in [-0.25, -0.2) is 12.7 Å². The van der Waals surface area contributed by atoms with Crippen LogP contribution in [0.25, 0.3) is 0 Å². The molecular formula is C26H45BN4O6S. The molecule has 0 spiro atoms. The van der Waals surface area contributed by atoms with E-state index in [2.05, 4.69) is 22.9 Å². The molecule has 2 rings (SSSR count). The minimum atomic E-state index is -3.27. The first-order valence-corrected chi connectivity index (χ1v) is 15.5. The second-order valence-corrected chi connectivity index (χ2v) is 12.7. The molecule has 0 saturated carbocycles. The molecule has 1 aliphatic heterocycles. The van der Waals surface area contributed by atoms with Gasteiger partial charge in [-0.15, -0.1) is 0 Å². The highest BCUT2D eigenvalue weighted by molar-refractivity contribution is 7.88. The fraction of sp³-hybridized carbons (Fsp3) is 0.692. The standard InChI is InChI=1S/C26H45BN4O6S/c1-5-6-7-20-8-10-21(11-9-20)26(33)30-23(17-28-24(27(34)35)16-19(2)3)18-29-25(32)22-12-14-31(15-13-22)38(4,36)37/h8-11,19,22-24,28,34-35H,5-7,12-18H2,1-4H3,(H,29,32)(H,30,33)/t23-,24+/m1/s1. The van der Waals surface area contributed by atoms with E-state index in [9.17, 15) is 28.1 Å². The maximum atomic E-state index is 13.0. The van der Waals surface area contributed by atoms with E-state index in [-0.39, 0.29) is 36.7 Å². The monoisotopic (exact) mass is 552 g/mol. The number of nitrogens with one attached hydrogen (secondary N) is 3. The summed E-state index contributed by atoms with van der Waals surface area (Å²) in [6, 6.07) is 6.97. The Balaban J connectivity index is 2.02. The van der Waals surface area contributed by atoms with Crippen LogP contribution >= 0.6 is 0 Å². The van der Waals surface area contributed by atoms with Crippen molar-refractivity contribution in [1.29, 1.82) is 0 Å². The molecule has 0 radical (unpaired) electrons. The Hall–Kier alpha value is -1.99. The first-order valence-electron chi connectivity index (χ1n) is 13.6. The molecule has 5 N–H and O–H groups in total. The van der Waals surface area contributed by atoms with E-state index in [4.69, 9.17) is 0 Å². The summed E-state index contributed by atoms with van der Waals surface area (Å²) >= 11 is 0. The van der Waals surface area contributed by atoms with Crippen molar-refractivity contribution in [3.05, 3.63) is 35.4 Å². The molecular weight excluding hydrogens is 507 g/mol. The zero-order valence-corrected chi connectivity index (χ0v) is 24.0. The van der Waals surface area contributed by atoms with Crippen LogP contribution in [0, 0.1) is 11.8 Å². The molecule has 2 atom stereocenters. The Labute approximate surface area is 228 Å². The van der Waals surface area contributed by atoms with E-state index in [0.717, 1.165) is 19.3 Å². The summed E-state index contributed by atoms with van der Waals surface area (Å²) in [5, 5.41) is 28.5. The van der Waals surface area contributed by atoms with Crippen molar-refractivity contribution in [2.75, 3.05) is 32.4 Å². The van der Waals surface area contributed by atoms with Crippen LogP contribution in [0.1, 0.15) is 68.8 Å². The Morgan fingerprint density at radius 2 is 1.74 bits per heavy atom. The Bertz CT molecular complexity index is 982. The molecule has 2 amide bonds. The number of hydrogen-bond acceptors (Lipinski definition) is 7. The average molecular weight is 553 g/mol. The van der Waals surface area contributed by atoms with Gasteiger partial charge >= 0.3 is 7.12 Å². The number of amides is 2.